The maximum absolute atomic E-state index is 4.83. The first-order chi connectivity index (χ1) is 6.88. The SMILES string of the molecule is CCOCC.c1ccc2n[nH]nc2c1. The Balaban J connectivity index is 0.000000171. The summed E-state index contributed by atoms with van der Waals surface area (Å²) in [4.78, 5) is 0. The minimum atomic E-state index is 0.844. The molecule has 0 bridgehead atoms. The number of rotatable bonds is 2. The summed E-state index contributed by atoms with van der Waals surface area (Å²) in [5.41, 5.74) is 1.83. The van der Waals surface area contributed by atoms with Gasteiger partial charge in [-0.1, -0.05) is 12.1 Å². The lowest BCUT2D eigenvalue weighted by Crippen LogP contribution is -1.84. The Kier molecular flexibility index (Phi) is 4.64. The molecular weight excluding hydrogens is 178 g/mol. The van der Waals surface area contributed by atoms with Crippen molar-refractivity contribution in [3.63, 3.8) is 0 Å². The van der Waals surface area contributed by atoms with Crippen LogP contribution in [0, 0.1) is 0 Å². The molecule has 0 aliphatic rings. The second kappa shape index (κ2) is 6.10. The minimum absolute atomic E-state index is 0.844. The molecule has 0 saturated heterocycles. The molecule has 0 radical (unpaired) electrons. The van der Waals surface area contributed by atoms with E-state index in [9.17, 15) is 0 Å². The molecule has 0 aliphatic carbocycles. The van der Waals surface area contributed by atoms with Gasteiger partial charge in [-0.3, -0.25) is 0 Å². The lowest BCUT2D eigenvalue weighted by Gasteiger charge is -1.86. The fraction of sp³-hybridized carbons (Fsp3) is 0.400. The highest BCUT2D eigenvalue weighted by Crippen LogP contribution is 2.03. The second-order valence-corrected chi connectivity index (χ2v) is 2.59. The highest BCUT2D eigenvalue weighted by molar-refractivity contribution is 5.72. The fourth-order valence-electron chi connectivity index (χ4n) is 0.990. The third-order valence-corrected chi connectivity index (χ3v) is 1.63. The van der Waals surface area contributed by atoms with E-state index in [4.69, 9.17) is 4.74 Å². The lowest BCUT2D eigenvalue weighted by molar-refractivity contribution is 0.162. The predicted octanol–water partition coefficient (Wildman–Crippen LogP) is 2.00. The molecule has 0 unspecified atom stereocenters. The summed E-state index contributed by atoms with van der Waals surface area (Å²) in [7, 11) is 0. The highest BCUT2D eigenvalue weighted by Gasteiger charge is 1.90. The molecular formula is C10H15N3O. The summed E-state index contributed by atoms with van der Waals surface area (Å²) >= 11 is 0. The van der Waals surface area contributed by atoms with Gasteiger partial charge < -0.3 is 4.74 Å². The Morgan fingerprint density at radius 1 is 1.07 bits per heavy atom. The Bertz CT molecular complexity index is 327. The van der Waals surface area contributed by atoms with Crippen LogP contribution in [0.4, 0.5) is 0 Å². The first kappa shape index (κ1) is 10.7. The fourth-order valence-corrected chi connectivity index (χ4v) is 0.990. The third kappa shape index (κ3) is 3.14. The Hall–Kier alpha value is -1.42. The van der Waals surface area contributed by atoms with Gasteiger partial charge in [-0.05, 0) is 26.0 Å². The van der Waals surface area contributed by atoms with Crippen LogP contribution in [0.15, 0.2) is 24.3 Å². The number of aromatic nitrogens is 3. The molecule has 1 N–H and O–H groups in total. The standard InChI is InChI=1S/C6H5N3.C4H10O/c1-2-4-6-5(3-1)7-9-8-6;1-3-5-4-2/h1-4H,(H,7,8,9);3-4H2,1-2H3. The van der Waals surface area contributed by atoms with E-state index in [0.29, 0.717) is 0 Å². The molecule has 0 atom stereocenters. The predicted molar refractivity (Wildman–Crippen MR) is 56.1 cm³/mol. The zero-order valence-electron chi connectivity index (χ0n) is 8.53. The average Bonchev–Trinajstić information content (AvgIpc) is 2.67. The number of para-hydroxylation sites is 2. The van der Waals surface area contributed by atoms with Crippen LogP contribution in [0.2, 0.25) is 0 Å². The molecule has 0 spiro atoms. The summed E-state index contributed by atoms with van der Waals surface area (Å²) in [5.74, 6) is 0. The van der Waals surface area contributed by atoms with E-state index in [1.165, 1.54) is 0 Å². The van der Waals surface area contributed by atoms with Crippen molar-refractivity contribution in [2.75, 3.05) is 13.2 Å². The van der Waals surface area contributed by atoms with Crippen LogP contribution in [0.5, 0.6) is 0 Å². The number of nitrogens with zero attached hydrogens (tertiary/aromatic N) is 2. The summed E-state index contributed by atoms with van der Waals surface area (Å²) < 4.78 is 4.83. The summed E-state index contributed by atoms with van der Waals surface area (Å²) in [6, 6.07) is 7.70. The molecule has 0 fully saturated rings. The number of fused-ring (bicyclic) bond motifs is 1. The zero-order chi connectivity index (χ0) is 10.2. The van der Waals surface area contributed by atoms with Gasteiger partial charge in [-0.25, -0.2) is 0 Å². The topological polar surface area (TPSA) is 50.8 Å². The van der Waals surface area contributed by atoms with Crippen LogP contribution < -0.4 is 0 Å². The number of benzene rings is 1. The maximum Gasteiger partial charge on any atom is 0.112 e. The molecule has 0 aliphatic heterocycles. The first-order valence-electron chi connectivity index (χ1n) is 4.71. The minimum Gasteiger partial charge on any atom is -0.382 e. The largest absolute Gasteiger partial charge is 0.382 e. The molecule has 1 heterocycles. The number of hydrogen-bond donors (Lipinski definition) is 1. The first-order valence-corrected chi connectivity index (χ1v) is 4.71. The second-order valence-electron chi connectivity index (χ2n) is 2.59. The molecule has 4 nitrogen and oxygen atoms in total. The van der Waals surface area contributed by atoms with Gasteiger partial charge in [0.2, 0.25) is 0 Å². The van der Waals surface area contributed by atoms with E-state index < -0.39 is 0 Å². The molecule has 4 heteroatoms. The van der Waals surface area contributed by atoms with Gasteiger partial charge in [-0.15, -0.1) is 0 Å². The molecule has 0 amide bonds. The van der Waals surface area contributed by atoms with Gasteiger partial charge in [0, 0.05) is 13.2 Å². The van der Waals surface area contributed by atoms with Gasteiger partial charge in [-0.2, -0.15) is 15.4 Å². The lowest BCUT2D eigenvalue weighted by atomic mass is 10.3. The third-order valence-electron chi connectivity index (χ3n) is 1.63. The van der Waals surface area contributed by atoms with Crippen LogP contribution in [-0.2, 0) is 4.74 Å². The Morgan fingerprint density at radius 2 is 1.57 bits per heavy atom. The number of hydrogen-bond acceptors (Lipinski definition) is 3. The van der Waals surface area contributed by atoms with Crippen molar-refractivity contribution in [1.29, 1.82) is 0 Å². The van der Waals surface area contributed by atoms with E-state index in [-0.39, 0.29) is 0 Å². The molecule has 0 saturated carbocycles. The van der Waals surface area contributed by atoms with Gasteiger partial charge in [0.25, 0.3) is 0 Å². The molecule has 2 aromatic rings. The normalized spacial score (nSPS) is 9.57. The molecule has 1 aromatic heterocycles. The summed E-state index contributed by atoms with van der Waals surface area (Å²) in [6.45, 7) is 5.67. The van der Waals surface area contributed by atoms with Crippen molar-refractivity contribution in [1.82, 2.24) is 15.4 Å². The quantitative estimate of drug-likeness (QED) is 0.793. The van der Waals surface area contributed by atoms with Gasteiger partial charge in [0.15, 0.2) is 0 Å². The number of aromatic amines is 1. The zero-order valence-corrected chi connectivity index (χ0v) is 8.53. The van der Waals surface area contributed by atoms with Gasteiger partial charge in [0.1, 0.15) is 11.0 Å². The number of ether oxygens (including phenoxy) is 1. The summed E-state index contributed by atoms with van der Waals surface area (Å²) in [6.07, 6.45) is 0. The van der Waals surface area contributed by atoms with Crippen molar-refractivity contribution in [3.05, 3.63) is 24.3 Å². The Labute approximate surface area is 83.3 Å². The smallest absolute Gasteiger partial charge is 0.112 e. The maximum atomic E-state index is 4.83. The summed E-state index contributed by atoms with van der Waals surface area (Å²) in [5, 5.41) is 10.3. The molecule has 14 heavy (non-hydrogen) atoms. The number of H-pyrrole nitrogens is 1. The van der Waals surface area contributed by atoms with Crippen LogP contribution in [0.3, 0.4) is 0 Å². The van der Waals surface area contributed by atoms with Crippen molar-refractivity contribution >= 4 is 11.0 Å². The van der Waals surface area contributed by atoms with Crippen molar-refractivity contribution < 1.29 is 4.74 Å². The monoisotopic (exact) mass is 193 g/mol. The molecule has 2 rings (SSSR count). The van der Waals surface area contributed by atoms with Crippen LogP contribution >= 0.6 is 0 Å². The van der Waals surface area contributed by atoms with Gasteiger partial charge >= 0.3 is 0 Å². The van der Waals surface area contributed by atoms with Gasteiger partial charge in [0.05, 0.1) is 0 Å². The van der Waals surface area contributed by atoms with Crippen molar-refractivity contribution in [2.24, 2.45) is 0 Å². The Morgan fingerprint density at radius 3 is 1.93 bits per heavy atom. The van der Waals surface area contributed by atoms with E-state index >= 15 is 0 Å². The number of nitrogens with one attached hydrogen (secondary N) is 1. The van der Waals surface area contributed by atoms with Crippen LogP contribution in [-0.4, -0.2) is 28.6 Å². The van der Waals surface area contributed by atoms with E-state index in [2.05, 4.69) is 15.4 Å². The van der Waals surface area contributed by atoms with Crippen LogP contribution in [0.25, 0.3) is 11.0 Å². The molecule has 1 aromatic carbocycles. The molecule has 76 valence electrons. The van der Waals surface area contributed by atoms with Crippen molar-refractivity contribution in [2.45, 2.75) is 13.8 Å². The van der Waals surface area contributed by atoms with E-state index in [1.54, 1.807) is 0 Å². The van der Waals surface area contributed by atoms with E-state index in [1.807, 2.05) is 38.1 Å². The average molecular weight is 193 g/mol. The van der Waals surface area contributed by atoms with Crippen molar-refractivity contribution in [3.8, 4) is 0 Å². The highest BCUT2D eigenvalue weighted by atomic mass is 16.5. The van der Waals surface area contributed by atoms with Crippen LogP contribution in [0.1, 0.15) is 13.8 Å². The van der Waals surface area contributed by atoms with E-state index in [0.717, 1.165) is 24.2 Å².